The molecule has 4 aliphatic rings. The van der Waals surface area contributed by atoms with Crippen LogP contribution in [0.4, 0.5) is 0 Å². The van der Waals surface area contributed by atoms with E-state index in [-0.39, 0.29) is 36.1 Å². The molecule has 0 aromatic carbocycles. The van der Waals surface area contributed by atoms with Crippen LogP contribution in [0.3, 0.4) is 0 Å². The second-order valence-corrected chi connectivity index (χ2v) is 14.1. The summed E-state index contributed by atoms with van der Waals surface area (Å²) in [5.41, 5.74) is -4.58. The van der Waals surface area contributed by atoms with Gasteiger partial charge in [-0.3, -0.25) is 14.4 Å². The first-order valence-electron chi connectivity index (χ1n) is 16.7. The van der Waals surface area contributed by atoms with Gasteiger partial charge in [-0.05, 0) is 43.8 Å². The quantitative estimate of drug-likeness (QED) is 0.127. The van der Waals surface area contributed by atoms with Crippen LogP contribution in [0.5, 0.6) is 0 Å². The molecule has 1 unspecified atom stereocenters. The van der Waals surface area contributed by atoms with E-state index >= 15 is 0 Å². The smallest absolute Gasteiger partial charge is 0.306 e. The number of aliphatic hydroxyl groups excluding tert-OH is 2. The Kier molecular flexibility index (Phi) is 10.3. The van der Waals surface area contributed by atoms with Crippen molar-refractivity contribution < 1.29 is 39.2 Å². The number of unbranched alkanes of at least 4 members (excludes halogenated alkanes) is 8. The summed E-state index contributed by atoms with van der Waals surface area (Å²) in [6, 6.07) is 0. The number of carbonyl (C=O) groups is 3. The Morgan fingerprint density at radius 1 is 0.930 bits per heavy atom. The van der Waals surface area contributed by atoms with Crippen LogP contribution in [0.25, 0.3) is 0 Å². The highest BCUT2D eigenvalue weighted by Gasteiger charge is 2.82. The number of ketones is 1. The Labute approximate surface area is 257 Å². The van der Waals surface area contributed by atoms with Crippen LogP contribution in [0.2, 0.25) is 0 Å². The standard InChI is InChI=1S/C35H54O8/c1-6-8-9-10-11-12-13-14-15-17-27(38)43-34-19-18-33-21-23(3)31(42-26(37)16-7-2)35(33,41)29(39)24(22-36)20-25(30(33)40)28(34)32(34,4)5/h20-21,25,28-29,31,36,39,41H,6-19,22H2,1-5H3/t25-,28+,29+,31-,33?,34-,35-/m0/s1. The van der Waals surface area contributed by atoms with E-state index in [4.69, 9.17) is 9.47 Å². The van der Waals surface area contributed by atoms with Crippen molar-refractivity contribution in [1.82, 2.24) is 0 Å². The fourth-order valence-electron chi connectivity index (χ4n) is 8.69. The predicted octanol–water partition coefficient (Wildman–Crippen LogP) is 5.51. The molecule has 4 rings (SSSR count). The molecule has 43 heavy (non-hydrogen) atoms. The van der Waals surface area contributed by atoms with Crippen molar-refractivity contribution in [1.29, 1.82) is 0 Å². The van der Waals surface area contributed by atoms with Crippen LogP contribution in [0.1, 0.15) is 125 Å². The summed E-state index contributed by atoms with van der Waals surface area (Å²) in [6.07, 6.45) is 12.2. The second kappa shape index (κ2) is 13.1. The van der Waals surface area contributed by atoms with Gasteiger partial charge in [0.05, 0.1) is 12.0 Å². The van der Waals surface area contributed by atoms with Crippen molar-refractivity contribution in [2.75, 3.05) is 6.61 Å². The molecule has 2 saturated carbocycles. The van der Waals surface area contributed by atoms with Crippen LogP contribution in [-0.2, 0) is 23.9 Å². The maximum Gasteiger partial charge on any atom is 0.306 e. The Hall–Kier alpha value is -2.03. The molecule has 8 heteroatoms. The van der Waals surface area contributed by atoms with Gasteiger partial charge in [-0.25, -0.2) is 0 Å². The third kappa shape index (κ3) is 5.65. The third-order valence-electron chi connectivity index (χ3n) is 11.1. The normalized spacial score (nSPS) is 35.6. The molecule has 4 aliphatic carbocycles. The Bertz CT molecular complexity index is 1120. The summed E-state index contributed by atoms with van der Waals surface area (Å²) in [5, 5.41) is 34.3. The van der Waals surface area contributed by atoms with Crippen LogP contribution >= 0.6 is 0 Å². The summed E-state index contributed by atoms with van der Waals surface area (Å²) in [7, 11) is 0. The molecule has 1 spiro atoms. The minimum Gasteiger partial charge on any atom is -0.458 e. The lowest BCUT2D eigenvalue weighted by Gasteiger charge is -2.46. The minimum atomic E-state index is -2.19. The Morgan fingerprint density at radius 3 is 2.16 bits per heavy atom. The van der Waals surface area contributed by atoms with Crippen molar-refractivity contribution in [2.45, 2.75) is 148 Å². The van der Waals surface area contributed by atoms with Gasteiger partial charge in [0.25, 0.3) is 0 Å². The number of hydrogen-bond acceptors (Lipinski definition) is 8. The molecule has 3 N–H and O–H groups in total. The van der Waals surface area contributed by atoms with E-state index in [9.17, 15) is 29.7 Å². The number of rotatable bonds is 15. The number of ether oxygens (including phenoxy) is 2. The van der Waals surface area contributed by atoms with Gasteiger partial charge in [0.15, 0.2) is 17.5 Å². The first-order chi connectivity index (χ1) is 20.4. The average Bonchev–Trinajstić information content (AvgIpc) is 3.39. The van der Waals surface area contributed by atoms with E-state index in [1.807, 2.05) is 20.8 Å². The second-order valence-electron chi connectivity index (χ2n) is 14.1. The summed E-state index contributed by atoms with van der Waals surface area (Å²) >= 11 is 0. The third-order valence-corrected chi connectivity index (χ3v) is 11.1. The molecule has 7 atom stereocenters. The van der Waals surface area contributed by atoms with Crippen molar-refractivity contribution in [2.24, 2.45) is 22.7 Å². The Morgan fingerprint density at radius 2 is 1.56 bits per heavy atom. The minimum absolute atomic E-state index is 0.113. The number of hydrogen-bond donors (Lipinski definition) is 3. The van der Waals surface area contributed by atoms with Gasteiger partial charge in [0, 0.05) is 30.1 Å². The first kappa shape index (κ1) is 33.9. The summed E-state index contributed by atoms with van der Waals surface area (Å²) < 4.78 is 12.0. The van der Waals surface area contributed by atoms with Gasteiger partial charge in [-0.2, -0.15) is 0 Å². The largest absolute Gasteiger partial charge is 0.458 e. The van der Waals surface area contributed by atoms with Crippen molar-refractivity contribution >= 4 is 17.7 Å². The molecular weight excluding hydrogens is 548 g/mol. The lowest BCUT2D eigenvalue weighted by molar-refractivity contribution is -0.197. The number of aliphatic hydroxyl groups is 3. The van der Waals surface area contributed by atoms with Gasteiger partial charge < -0.3 is 24.8 Å². The summed E-state index contributed by atoms with van der Waals surface area (Å²) in [6.45, 7) is 9.17. The van der Waals surface area contributed by atoms with E-state index in [0.717, 1.165) is 19.3 Å². The van der Waals surface area contributed by atoms with Gasteiger partial charge in [-0.1, -0.05) is 91.2 Å². The highest BCUT2D eigenvalue weighted by molar-refractivity contribution is 5.95. The molecule has 0 radical (unpaired) electrons. The van der Waals surface area contributed by atoms with Gasteiger partial charge in [-0.15, -0.1) is 0 Å². The molecule has 2 bridgehead atoms. The van der Waals surface area contributed by atoms with Crippen LogP contribution in [0.15, 0.2) is 23.3 Å². The first-order valence-corrected chi connectivity index (χ1v) is 16.7. The summed E-state index contributed by atoms with van der Waals surface area (Å²) in [5.74, 6) is -2.26. The molecular formula is C35H54O8. The van der Waals surface area contributed by atoms with Gasteiger partial charge >= 0.3 is 11.9 Å². The number of carbonyl (C=O) groups excluding carboxylic acids is 3. The number of esters is 2. The maximum absolute atomic E-state index is 14.6. The van der Waals surface area contributed by atoms with Crippen molar-refractivity contribution in [3.63, 3.8) is 0 Å². The fraction of sp³-hybridized carbons (Fsp3) is 0.800. The zero-order chi connectivity index (χ0) is 31.6. The van der Waals surface area contributed by atoms with Crippen LogP contribution in [0, 0.1) is 22.7 Å². The monoisotopic (exact) mass is 602 g/mol. The lowest BCUT2D eigenvalue weighted by atomic mass is 9.63. The predicted molar refractivity (Wildman–Crippen MR) is 163 cm³/mol. The molecule has 0 amide bonds. The highest BCUT2D eigenvalue weighted by Crippen LogP contribution is 2.74. The van der Waals surface area contributed by atoms with E-state index in [1.54, 1.807) is 19.1 Å². The molecule has 0 heterocycles. The topological polar surface area (TPSA) is 130 Å². The fourth-order valence-corrected chi connectivity index (χ4v) is 8.69. The summed E-state index contributed by atoms with van der Waals surface area (Å²) in [4.78, 5) is 40.4. The van der Waals surface area contributed by atoms with Crippen molar-refractivity contribution in [3.8, 4) is 0 Å². The van der Waals surface area contributed by atoms with E-state index < -0.39 is 52.7 Å². The maximum atomic E-state index is 14.6. The van der Waals surface area contributed by atoms with E-state index in [1.165, 1.54) is 38.5 Å². The van der Waals surface area contributed by atoms with Crippen LogP contribution < -0.4 is 0 Å². The number of Topliss-reactive ketones (excluding diaryl/α,β-unsaturated/α-hetero) is 1. The van der Waals surface area contributed by atoms with Crippen LogP contribution in [-0.4, -0.2) is 63.1 Å². The Balaban J connectivity index is 1.54. The SMILES string of the molecule is CCCCCCCCCCCC(=O)O[C@@]12CCC34C=C(C)[C@H](OC(=O)CCC)[C@@]3(O)[C@H](O)C(CO)=C[C@H](C4=O)[C@@H]1C2(C)C. The van der Waals surface area contributed by atoms with Gasteiger partial charge in [0.2, 0.25) is 0 Å². The van der Waals surface area contributed by atoms with Gasteiger partial charge in [0.1, 0.15) is 11.7 Å². The molecule has 8 nitrogen and oxygen atoms in total. The molecule has 0 saturated heterocycles. The van der Waals surface area contributed by atoms with E-state index in [2.05, 4.69) is 6.92 Å². The van der Waals surface area contributed by atoms with Crippen molar-refractivity contribution in [3.05, 3.63) is 23.3 Å². The molecule has 242 valence electrons. The highest BCUT2D eigenvalue weighted by atomic mass is 16.6. The molecule has 2 fully saturated rings. The zero-order valence-corrected chi connectivity index (χ0v) is 27.0. The van der Waals surface area contributed by atoms with E-state index in [0.29, 0.717) is 24.8 Å². The molecule has 0 aromatic rings. The average molecular weight is 603 g/mol. The number of allylic oxidation sites excluding steroid dienone is 1. The lowest BCUT2D eigenvalue weighted by Crippen LogP contribution is -2.64. The number of fused-ring (bicyclic) bond motifs is 3. The molecule has 0 aromatic heterocycles. The zero-order valence-electron chi connectivity index (χ0n) is 27.0. The molecule has 0 aliphatic heterocycles.